The van der Waals surface area contributed by atoms with Crippen LogP contribution in [0.15, 0.2) is 42.6 Å². The summed E-state index contributed by atoms with van der Waals surface area (Å²) in [6.07, 6.45) is 3.52. The van der Waals surface area contributed by atoms with E-state index in [9.17, 15) is 9.59 Å². The van der Waals surface area contributed by atoms with Crippen LogP contribution in [0.1, 0.15) is 23.2 Å². The molecule has 1 fully saturated rings. The molecule has 1 heterocycles. The van der Waals surface area contributed by atoms with Gasteiger partial charge in [0.1, 0.15) is 22.8 Å². The molecule has 166 valence electrons. The topological polar surface area (TPSA) is 111 Å². The van der Waals surface area contributed by atoms with E-state index < -0.39 is 5.91 Å². The van der Waals surface area contributed by atoms with Gasteiger partial charge in [0.05, 0.1) is 30.4 Å². The van der Waals surface area contributed by atoms with E-state index in [1.165, 1.54) is 20.4 Å². The fourth-order valence-electron chi connectivity index (χ4n) is 3.16. The highest BCUT2D eigenvalue weighted by Crippen LogP contribution is 2.36. The van der Waals surface area contributed by atoms with Crippen LogP contribution in [-0.2, 0) is 4.84 Å². The number of halogens is 1. The van der Waals surface area contributed by atoms with E-state index in [0.717, 1.165) is 12.8 Å². The molecule has 1 aromatic heterocycles. The number of carbonyl (C=O) groups is 2. The van der Waals surface area contributed by atoms with Gasteiger partial charge in [-0.05, 0) is 43.2 Å². The summed E-state index contributed by atoms with van der Waals surface area (Å²) in [5, 5.41) is 6.49. The van der Waals surface area contributed by atoms with Gasteiger partial charge in [-0.2, -0.15) is 0 Å². The maximum atomic E-state index is 12.5. The monoisotopic (exact) mass is 456 g/mol. The first-order valence-corrected chi connectivity index (χ1v) is 10.2. The Morgan fingerprint density at radius 3 is 2.59 bits per heavy atom. The molecule has 9 nitrogen and oxygen atoms in total. The van der Waals surface area contributed by atoms with Crippen LogP contribution in [0.2, 0.25) is 5.02 Å². The molecule has 10 heteroatoms. The summed E-state index contributed by atoms with van der Waals surface area (Å²) < 4.78 is 11.3. The van der Waals surface area contributed by atoms with Crippen LogP contribution in [0.4, 0.5) is 10.5 Å². The molecule has 1 aliphatic carbocycles. The molecule has 3 amide bonds. The van der Waals surface area contributed by atoms with Crippen LogP contribution in [0, 0.1) is 0 Å². The second kappa shape index (κ2) is 9.29. The summed E-state index contributed by atoms with van der Waals surface area (Å²) >= 11 is 6.33. The number of methoxy groups -OCH3 is 1. The minimum atomic E-state index is -0.498. The SMILES string of the molecule is CONC(=O)c1c(OC)ccc2c(Oc3ccc(NC(=O)NC4CC4)c(Cl)c3)ccnc12. The highest BCUT2D eigenvalue weighted by atomic mass is 35.5. The second-order valence-corrected chi connectivity index (χ2v) is 7.51. The van der Waals surface area contributed by atoms with Crippen molar-refractivity contribution >= 4 is 40.1 Å². The standard InChI is InChI=1S/C22H21ClN4O5/c1-30-18-8-6-14-17(9-10-24-20(14)19(18)21(28)27-31-2)32-13-5-7-16(15(23)11-13)26-22(29)25-12-3-4-12/h5-12H,3-4H2,1-2H3,(H,27,28)(H2,25,26,29). The molecule has 3 N–H and O–H groups in total. The van der Waals surface area contributed by atoms with Gasteiger partial charge in [-0.1, -0.05) is 11.6 Å². The predicted octanol–water partition coefficient (Wildman–Crippen LogP) is 4.26. The van der Waals surface area contributed by atoms with Gasteiger partial charge < -0.3 is 20.1 Å². The lowest BCUT2D eigenvalue weighted by atomic mass is 10.1. The molecule has 0 spiro atoms. The number of nitrogens with zero attached hydrogens (tertiary/aromatic N) is 1. The largest absolute Gasteiger partial charge is 0.496 e. The molecule has 0 saturated heterocycles. The van der Waals surface area contributed by atoms with Crippen molar-refractivity contribution in [2.45, 2.75) is 18.9 Å². The molecular weight excluding hydrogens is 436 g/mol. The van der Waals surface area contributed by atoms with E-state index >= 15 is 0 Å². The number of aromatic nitrogens is 1. The van der Waals surface area contributed by atoms with E-state index in [0.29, 0.717) is 38.9 Å². The summed E-state index contributed by atoms with van der Waals surface area (Å²) in [5.74, 6) is 0.768. The van der Waals surface area contributed by atoms with Crippen molar-refractivity contribution in [3.8, 4) is 17.2 Å². The van der Waals surface area contributed by atoms with Crippen molar-refractivity contribution in [2.24, 2.45) is 0 Å². The van der Waals surface area contributed by atoms with Gasteiger partial charge >= 0.3 is 6.03 Å². The Morgan fingerprint density at radius 1 is 1.09 bits per heavy atom. The lowest BCUT2D eigenvalue weighted by molar-refractivity contribution is 0.0536. The molecule has 2 aromatic carbocycles. The van der Waals surface area contributed by atoms with Crippen LogP contribution < -0.4 is 25.6 Å². The van der Waals surface area contributed by atoms with Crippen molar-refractivity contribution in [2.75, 3.05) is 19.5 Å². The molecule has 0 bridgehead atoms. The average Bonchev–Trinajstić information content (AvgIpc) is 3.59. The normalized spacial score (nSPS) is 12.8. The van der Waals surface area contributed by atoms with Gasteiger partial charge in [0, 0.05) is 23.7 Å². The lowest BCUT2D eigenvalue weighted by Crippen LogP contribution is -2.30. The molecular formula is C22H21ClN4O5. The van der Waals surface area contributed by atoms with Crippen LogP contribution in [0.5, 0.6) is 17.2 Å². The summed E-state index contributed by atoms with van der Waals surface area (Å²) in [5.41, 5.74) is 3.36. The van der Waals surface area contributed by atoms with Crippen LogP contribution >= 0.6 is 11.6 Å². The van der Waals surface area contributed by atoms with E-state index in [2.05, 4.69) is 21.1 Å². The van der Waals surface area contributed by atoms with Crippen molar-refractivity contribution in [3.63, 3.8) is 0 Å². The summed E-state index contributed by atoms with van der Waals surface area (Å²) in [6, 6.07) is 9.98. The zero-order valence-corrected chi connectivity index (χ0v) is 18.2. The number of carbonyl (C=O) groups excluding carboxylic acids is 2. The van der Waals surface area contributed by atoms with Gasteiger partial charge in [0.2, 0.25) is 0 Å². The van der Waals surface area contributed by atoms with E-state index in [-0.39, 0.29) is 17.6 Å². The Bertz CT molecular complexity index is 1180. The molecule has 1 saturated carbocycles. The number of fused-ring (bicyclic) bond motifs is 1. The number of pyridine rings is 1. The molecule has 0 atom stereocenters. The number of hydrogen-bond donors (Lipinski definition) is 3. The third-order valence-corrected chi connectivity index (χ3v) is 5.12. The number of urea groups is 1. The first-order chi connectivity index (χ1) is 15.5. The quantitative estimate of drug-likeness (QED) is 0.458. The maximum Gasteiger partial charge on any atom is 0.319 e. The predicted molar refractivity (Wildman–Crippen MR) is 119 cm³/mol. The third kappa shape index (κ3) is 4.68. The lowest BCUT2D eigenvalue weighted by Gasteiger charge is -2.14. The number of hydrogen-bond acceptors (Lipinski definition) is 6. The number of nitrogens with one attached hydrogen (secondary N) is 3. The minimum Gasteiger partial charge on any atom is -0.496 e. The molecule has 32 heavy (non-hydrogen) atoms. The van der Waals surface area contributed by atoms with Crippen molar-refractivity contribution in [1.82, 2.24) is 15.8 Å². The number of anilines is 1. The smallest absolute Gasteiger partial charge is 0.319 e. The fourth-order valence-corrected chi connectivity index (χ4v) is 3.37. The number of rotatable bonds is 7. The molecule has 0 radical (unpaired) electrons. The second-order valence-electron chi connectivity index (χ2n) is 7.10. The highest BCUT2D eigenvalue weighted by molar-refractivity contribution is 6.33. The Hall–Kier alpha value is -3.56. The van der Waals surface area contributed by atoms with Gasteiger partial charge in [0.15, 0.2) is 0 Å². The minimum absolute atomic E-state index is 0.219. The summed E-state index contributed by atoms with van der Waals surface area (Å²) in [7, 11) is 2.81. The van der Waals surface area contributed by atoms with E-state index in [1.54, 1.807) is 36.4 Å². The number of benzene rings is 2. The van der Waals surface area contributed by atoms with E-state index in [4.69, 9.17) is 25.9 Å². The van der Waals surface area contributed by atoms with Gasteiger partial charge in [-0.25, -0.2) is 10.3 Å². The maximum absolute atomic E-state index is 12.5. The summed E-state index contributed by atoms with van der Waals surface area (Å²) in [4.78, 5) is 33.5. The van der Waals surface area contributed by atoms with Gasteiger partial charge in [-0.15, -0.1) is 0 Å². The highest BCUT2D eigenvalue weighted by Gasteiger charge is 2.23. The fraction of sp³-hybridized carbons (Fsp3) is 0.227. The summed E-state index contributed by atoms with van der Waals surface area (Å²) in [6.45, 7) is 0. The third-order valence-electron chi connectivity index (χ3n) is 4.81. The van der Waals surface area contributed by atoms with Crippen LogP contribution in [-0.4, -0.2) is 37.2 Å². The van der Waals surface area contributed by atoms with Crippen LogP contribution in [0.3, 0.4) is 0 Å². The first-order valence-electron chi connectivity index (χ1n) is 9.84. The van der Waals surface area contributed by atoms with E-state index in [1.807, 2.05) is 0 Å². The van der Waals surface area contributed by atoms with Crippen molar-refractivity contribution in [1.29, 1.82) is 0 Å². The molecule has 4 rings (SSSR count). The Labute approximate surface area is 189 Å². The van der Waals surface area contributed by atoms with Gasteiger partial charge in [-0.3, -0.25) is 14.6 Å². The Balaban J connectivity index is 1.61. The number of hydroxylamine groups is 1. The van der Waals surface area contributed by atoms with Crippen molar-refractivity contribution < 1.29 is 23.9 Å². The number of ether oxygens (including phenoxy) is 2. The first kappa shape index (κ1) is 21.7. The molecule has 0 unspecified atom stereocenters. The number of amides is 3. The Kier molecular flexibility index (Phi) is 6.29. The molecule has 1 aliphatic rings. The molecule has 0 aliphatic heterocycles. The van der Waals surface area contributed by atoms with Crippen LogP contribution in [0.25, 0.3) is 10.9 Å². The molecule has 3 aromatic rings. The van der Waals surface area contributed by atoms with Crippen molar-refractivity contribution in [3.05, 3.63) is 53.2 Å². The zero-order chi connectivity index (χ0) is 22.7. The zero-order valence-electron chi connectivity index (χ0n) is 17.4. The van der Waals surface area contributed by atoms with Gasteiger partial charge in [0.25, 0.3) is 5.91 Å². The Morgan fingerprint density at radius 2 is 1.91 bits per heavy atom. The average molecular weight is 457 g/mol.